The van der Waals surface area contributed by atoms with Crippen LogP contribution in [0.5, 0.6) is 11.6 Å². The number of imidazole rings is 1. The number of hydrogen-bond donors (Lipinski definition) is 0. The molecule has 90 valence electrons. The van der Waals surface area contributed by atoms with Crippen molar-refractivity contribution in [1.82, 2.24) is 19.6 Å². The molecule has 5 nitrogen and oxygen atoms in total. The van der Waals surface area contributed by atoms with Crippen molar-refractivity contribution in [1.29, 1.82) is 0 Å². The lowest BCUT2D eigenvalue weighted by Gasteiger charge is -2.05. The van der Waals surface area contributed by atoms with Crippen LogP contribution in [0, 0.1) is 6.92 Å². The topological polar surface area (TPSA) is 52.3 Å². The third kappa shape index (κ3) is 2.00. The van der Waals surface area contributed by atoms with Gasteiger partial charge in [-0.1, -0.05) is 17.7 Å². The van der Waals surface area contributed by atoms with E-state index in [1.165, 1.54) is 0 Å². The molecule has 3 heterocycles. The Kier molecular flexibility index (Phi) is 2.60. The summed E-state index contributed by atoms with van der Waals surface area (Å²) < 4.78 is 7.26. The highest BCUT2D eigenvalue weighted by Gasteiger charge is 2.10. The average molecular weight is 261 g/mol. The van der Waals surface area contributed by atoms with Gasteiger partial charge in [-0.3, -0.25) is 0 Å². The van der Waals surface area contributed by atoms with Gasteiger partial charge in [0.1, 0.15) is 0 Å². The van der Waals surface area contributed by atoms with Crippen molar-refractivity contribution in [2.75, 3.05) is 0 Å². The molecule has 0 atom stereocenters. The summed E-state index contributed by atoms with van der Waals surface area (Å²) in [5.74, 6) is 1.02. The standard InChI is InChI=1S/C12H9ClN4O/c1-8-7-17-12(15-8)9(6-10(13)16-17)18-11-4-2-3-5-14-11/h2-7H,1H3. The first-order chi connectivity index (χ1) is 8.72. The van der Waals surface area contributed by atoms with Crippen LogP contribution in [0.2, 0.25) is 5.15 Å². The summed E-state index contributed by atoms with van der Waals surface area (Å²) in [6.07, 6.45) is 3.44. The minimum absolute atomic E-state index is 0.339. The normalized spacial score (nSPS) is 10.8. The SMILES string of the molecule is Cc1cn2nc(Cl)cc(Oc3ccccn3)c2n1. The minimum atomic E-state index is 0.339. The molecular formula is C12H9ClN4O. The zero-order valence-electron chi connectivity index (χ0n) is 9.54. The van der Waals surface area contributed by atoms with E-state index in [1.807, 2.05) is 19.1 Å². The molecule has 0 spiro atoms. The van der Waals surface area contributed by atoms with Crippen LogP contribution in [0.25, 0.3) is 5.65 Å². The van der Waals surface area contributed by atoms with Gasteiger partial charge in [0.05, 0.1) is 11.9 Å². The minimum Gasteiger partial charge on any atom is -0.435 e. The van der Waals surface area contributed by atoms with Crippen LogP contribution in [-0.4, -0.2) is 19.6 Å². The zero-order chi connectivity index (χ0) is 12.5. The number of hydrogen-bond acceptors (Lipinski definition) is 4. The van der Waals surface area contributed by atoms with Crippen molar-refractivity contribution >= 4 is 17.2 Å². The second kappa shape index (κ2) is 4.27. The molecule has 0 aliphatic carbocycles. The van der Waals surface area contributed by atoms with Crippen molar-refractivity contribution in [2.24, 2.45) is 0 Å². The van der Waals surface area contributed by atoms with E-state index in [-0.39, 0.29) is 0 Å². The first-order valence-corrected chi connectivity index (χ1v) is 5.71. The summed E-state index contributed by atoms with van der Waals surface area (Å²) in [5.41, 5.74) is 1.46. The zero-order valence-corrected chi connectivity index (χ0v) is 10.3. The third-order valence-corrected chi connectivity index (χ3v) is 2.52. The van der Waals surface area contributed by atoms with Crippen molar-refractivity contribution < 1.29 is 4.74 Å². The van der Waals surface area contributed by atoms with Gasteiger partial charge in [0.25, 0.3) is 0 Å². The van der Waals surface area contributed by atoms with Gasteiger partial charge in [0.15, 0.2) is 16.5 Å². The quantitative estimate of drug-likeness (QED) is 0.711. The van der Waals surface area contributed by atoms with Crippen molar-refractivity contribution in [3.63, 3.8) is 0 Å². The van der Waals surface area contributed by atoms with Gasteiger partial charge >= 0.3 is 0 Å². The van der Waals surface area contributed by atoms with E-state index in [1.54, 1.807) is 29.0 Å². The first-order valence-electron chi connectivity index (χ1n) is 5.34. The molecule has 0 saturated carbocycles. The molecule has 3 aromatic heterocycles. The van der Waals surface area contributed by atoms with Crippen LogP contribution in [0.15, 0.2) is 36.7 Å². The van der Waals surface area contributed by atoms with Gasteiger partial charge in [0, 0.05) is 18.3 Å². The van der Waals surface area contributed by atoms with E-state index < -0.39 is 0 Å². The Morgan fingerprint density at radius 1 is 1.33 bits per heavy atom. The van der Waals surface area contributed by atoms with Crippen LogP contribution < -0.4 is 4.74 Å². The fourth-order valence-corrected chi connectivity index (χ4v) is 1.81. The molecule has 18 heavy (non-hydrogen) atoms. The number of aromatic nitrogens is 4. The maximum atomic E-state index is 5.94. The summed E-state index contributed by atoms with van der Waals surface area (Å²) in [6.45, 7) is 1.88. The lowest BCUT2D eigenvalue weighted by Crippen LogP contribution is -1.95. The Morgan fingerprint density at radius 2 is 2.22 bits per heavy atom. The van der Waals surface area contributed by atoms with Crippen molar-refractivity contribution in [3.8, 4) is 11.6 Å². The van der Waals surface area contributed by atoms with Crippen LogP contribution >= 0.6 is 11.6 Å². The molecule has 3 rings (SSSR count). The van der Waals surface area contributed by atoms with Gasteiger partial charge in [-0.15, -0.1) is 0 Å². The molecule has 0 aliphatic heterocycles. The number of rotatable bonds is 2. The van der Waals surface area contributed by atoms with E-state index in [0.717, 1.165) is 5.69 Å². The molecule has 0 aromatic carbocycles. The van der Waals surface area contributed by atoms with E-state index in [2.05, 4.69) is 15.1 Å². The number of pyridine rings is 1. The lowest BCUT2D eigenvalue weighted by atomic mass is 10.4. The molecule has 0 saturated heterocycles. The molecule has 6 heteroatoms. The number of ether oxygens (including phenoxy) is 1. The smallest absolute Gasteiger partial charge is 0.219 e. The number of aryl methyl sites for hydroxylation is 1. The molecule has 3 aromatic rings. The van der Waals surface area contributed by atoms with E-state index in [4.69, 9.17) is 16.3 Å². The van der Waals surface area contributed by atoms with Gasteiger partial charge in [-0.2, -0.15) is 5.10 Å². The molecule has 0 aliphatic rings. The third-order valence-electron chi connectivity index (χ3n) is 2.33. The van der Waals surface area contributed by atoms with Crippen LogP contribution in [0.3, 0.4) is 0 Å². The predicted molar refractivity (Wildman–Crippen MR) is 67.0 cm³/mol. The predicted octanol–water partition coefficient (Wildman–Crippen LogP) is 2.88. The molecule has 0 N–H and O–H groups in total. The molecule has 0 unspecified atom stereocenters. The second-order valence-electron chi connectivity index (χ2n) is 3.75. The van der Waals surface area contributed by atoms with E-state index >= 15 is 0 Å². The Labute approximate surface area is 108 Å². The fourth-order valence-electron chi connectivity index (χ4n) is 1.63. The van der Waals surface area contributed by atoms with E-state index in [0.29, 0.717) is 22.4 Å². The highest BCUT2D eigenvalue weighted by atomic mass is 35.5. The Balaban J connectivity index is 2.10. The highest BCUT2D eigenvalue weighted by Crippen LogP contribution is 2.26. The van der Waals surface area contributed by atoms with Crippen molar-refractivity contribution in [3.05, 3.63) is 47.5 Å². The molecule has 0 fully saturated rings. The highest BCUT2D eigenvalue weighted by molar-refractivity contribution is 6.29. The van der Waals surface area contributed by atoms with Gasteiger partial charge < -0.3 is 4.74 Å². The van der Waals surface area contributed by atoms with Crippen molar-refractivity contribution in [2.45, 2.75) is 6.92 Å². The van der Waals surface area contributed by atoms with Gasteiger partial charge in [-0.05, 0) is 13.0 Å². The first kappa shape index (κ1) is 11.0. The Bertz CT molecular complexity index is 696. The van der Waals surface area contributed by atoms with E-state index in [9.17, 15) is 0 Å². The summed E-state index contributed by atoms with van der Waals surface area (Å²) in [4.78, 5) is 8.43. The molecule has 0 radical (unpaired) electrons. The number of nitrogens with zero attached hydrogens (tertiary/aromatic N) is 4. The Hall–Kier alpha value is -2.14. The summed E-state index contributed by atoms with van der Waals surface area (Å²) >= 11 is 5.94. The number of fused-ring (bicyclic) bond motifs is 1. The largest absolute Gasteiger partial charge is 0.435 e. The summed E-state index contributed by atoms with van der Waals surface area (Å²) in [7, 11) is 0. The fraction of sp³-hybridized carbons (Fsp3) is 0.0833. The molecular weight excluding hydrogens is 252 g/mol. The summed E-state index contributed by atoms with van der Waals surface area (Å²) in [5, 5.41) is 4.46. The maximum absolute atomic E-state index is 5.94. The van der Waals surface area contributed by atoms with Gasteiger partial charge in [0.2, 0.25) is 5.88 Å². The maximum Gasteiger partial charge on any atom is 0.219 e. The van der Waals surface area contributed by atoms with Gasteiger partial charge in [-0.25, -0.2) is 14.5 Å². The molecule has 0 amide bonds. The average Bonchev–Trinajstić information content (AvgIpc) is 2.71. The van der Waals surface area contributed by atoms with Crippen LogP contribution in [0.4, 0.5) is 0 Å². The monoisotopic (exact) mass is 260 g/mol. The molecule has 0 bridgehead atoms. The summed E-state index contributed by atoms with van der Waals surface area (Å²) in [6, 6.07) is 7.05. The lowest BCUT2D eigenvalue weighted by molar-refractivity contribution is 0.463. The Morgan fingerprint density at radius 3 is 3.00 bits per heavy atom. The number of halogens is 1. The second-order valence-corrected chi connectivity index (χ2v) is 4.14. The van der Waals surface area contributed by atoms with Crippen LogP contribution in [-0.2, 0) is 0 Å². The van der Waals surface area contributed by atoms with Crippen LogP contribution in [0.1, 0.15) is 5.69 Å².